The summed E-state index contributed by atoms with van der Waals surface area (Å²) in [5, 5.41) is 7.55. The summed E-state index contributed by atoms with van der Waals surface area (Å²) in [5.41, 5.74) is 1.17. The Morgan fingerprint density at radius 1 is 1.33 bits per heavy atom. The van der Waals surface area contributed by atoms with Crippen LogP contribution < -0.4 is 10.6 Å². The molecule has 0 saturated carbocycles. The lowest BCUT2D eigenvalue weighted by atomic mass is 9.72. The number of alkyl halides is 1. The first-order valence-corrected chi connectivity index (χ1v) is 8.18. The van der Waals surface area contributed by atoms with Gasteiger partial charge in [-0.3, -0.25) is 5.32 Å². The van der Waals surface area contributed by atoms with E-state index >= 15 is 0 Å². The molecule has 0 unspecified atom stereocenters. The van der Waals surface area contributed by atoms with E-state index in [-0.39, 0.29) is 5.41 Å². The summed E-state index contributed by atoms with van der Waals surface area (Å²) in [6, 6.07) is 5.85. The summed E-state index contributed by atoms with van der Waals surface area (Å²) in [6.45, 7) is 5.63. The highest BCUT2D eigenvalue weighted by atomic mass is 35.5. The molecule has 1 aromatic carbocycles. The Morgan fingerprint density at radius 2 is 2.10 bits per heavy atom. The Balaban J connectivity index is 2.18. The second-order valence-electron chi connectivity index (χ2n) is 6.34. The molecule has 0 bridgehead atoms. The summed E-state index contributed by atoms with van der Waals surface area (Å²) in [4.78, 5) is 0. The molecule has 1 aliphatic rings. The highest BCUT2D eigenvalue weighted by Gasteiger charge is 2.34. The second kappa shape index (κ2) is 6.82. The lowest BCUT2D eigenvalue weighted by molar-refractivity contribution is 0.155. The van der Waals surface area contributed by atoms with Crippen LogP contribution in [-0.4, -0.2) is 25.4 Å². The van der Waals surface area contributed by atoms with E-state index in [9.17, 15) is 4.39 Å². The van der Waals surface area contributed by atoms with Crippen molar-refractivity contribution in [2.45, 2.75) is 44.3 Å². The fourth-order valence-corrected chi connectivity index (χ4v) is 3.30. The predicted molar refractivity (Wildman–Crippen MR) is 88.1 cm³/mol. The number of halogens is 3. The molecule has 0 amide bonds. The van der Waals surface area contributed by atoms with Gasteiger partial charge in [0.1, 0.15) is 0 Å². The molecule has 1 heterocycles. The molecule has 1 saturated heterocycles. The van der Waals surface area contributed by atoms with Crippen molar-refractivity contribution in [1.29, 1.82) is 0 Å². The van der Waals surface area contributed by atoms with Crippen LogP contribution in [0.4, 0.5) is 4.39 Å². The van der Waals surface area contributed by atoms with Crippen LogP contribution in [-0.2, 0) is 5.41 Å². The van der Waals surface area contributed by atoms with E-state index in [1.54, 1.807) is 0 Å². The molecular weight excluding hydrogens is 310 g/mol. The minimum Gasteiger partial charge on any atom is -0.316 e. The van der Waals surface area contributed by atoms with E-state index in [1.165, 1.54) is 19.4 Å². The summed E-state index contributed by atoms with van der Waals surface area (Å²) in [5.74, 6) is -1.35. The zero-order chi connectivity index (χ0) is 15.5. The van der Waals surface area contributed by atoms with Gasteiger partial charge in [0.25, 0.3) is 0 Å². The Hall–Kier alpha value is -0.350. The van der Waals surface area contributed by atoms with Crippen molar-refractivity contribution >= 4 is 23.2 Å². The Kier molecular flexibility index (Phi) is 5.53. The second-order valence-corrected chi connectivity index (χ2v) is 7.15. The van der Waals surface area contributed by atoms with Crippen LogP contribution in [0.2, 0.25) is 10.0 Å². The Morgan fingerprint density at radius 3 is 2.67 bits per heavy atom. The van der Waals surface area contributed by atoms with Gasteiger partial charge in [-0.25, -0.2) is 4.39 Å². The van der Waals surface area contributed by atoms with E-state index in [0.717, 1.165) is 32.4 Å². The lowest BCUT2D eigenvalue weighted by Crippen LogP contribution is -2.46. The molecule has 2 rings (SSSR count). The van der Waals surface area contributed by atoms with Crippen LogP contribution in [0.3, 0.4) is 0 Å². The molecule has 0 aliphatic carbocycles. The average molecular weight is 333 g/mol. The van der Waals surface area contributed by atoms with Gasteiger partial charge in [0, 0.05) is 12.0 Å². The normalized spacial score (nSPS) is 23.3. The van der Waals surface area contributed by atoms with Crippen molar-refractivity contribution in [2.75, 3.05) is 19.6 Å². The maximum Gasteiger partial charge on any atom is 0.156 e. The van der Waals surface area contributed by atoms with Gasteiger partial charge in [0.15, 0.2) is 5.79 Å². The molecule has 0 radical (unpaired) electrons. The minimum atomic E-state index is -1.35. The molecule has 2 N–H and O–H groups in total. The first kappa shape index (κ1) is 17.0. The van der Waals surface area contributed by atoms with Crippen molar-refractivity contribution in [3.63, 3.8) is 0 Å². The van der Waals surface area contributed by atoms with E-state index < -0.39 is 5.79 Å². The first-order valence-electron chi connectivity index (χ1n) is 7.43. The Bertz CT molecular complexity index is 480. The molecule has 1 atom stereocenters. The van der Waals surface area contributed by atoms with Crippen LogP contribution in [0.1, 0.15) is 38.7 Å². The number of piperidine rings is 1. The van der Waals surface area contributed by atoms with E-state index in [2.05, 4.69) is 10.6 Å². The topological polar surface area (TPSA) is 24.1 Å². The van der Waals surface area contributed by atoms with Crippen LogP contribution in [0.25, 0.3) is 0 Å². The highest BCUT2D eigenvalue weighted by Crippen LogP contribution is 2.37. The monoisotopic (exact) mass is 332 g/mol. The third-order valence-corrected chi connectivity index (χ3v) is 4.89. The molecule has 1 fully saturated rings. The fraction of sp³-hybridized carbons (Fsp3) is 0.625. The molecule has 1 aromatic rings. The van der Waals surface area contributed by atoms with Gasteiger partial charge in [0.2, 0.25) is 0 Å². The van der Waals surface area contributed by atoms with Gasteiger partial charge in [-0.1, -0.05) is 29.3 Å². The summed E-state index contributed by atoms with van der Waals surface area (Å²) in [6.07, 6.45) is 3.05. The number of benzene rings is 1. The standard InChI is InChI=1S/C16H23Cl2FN2/c1-15(2,19)21-9-7-16(6-3-8-20-11-16)12-4-5-13(17)14(18)10-12/h4-5,10,20-21H,3,6-9,11H2,1-2H3/t16-/m1/s1. The summed E-state index contributed by atoms with van der Waals surface area (Å²) >= 11 is 12.2. The molecule has 0 spiro atoms. The maximum atomic E-state index is 13.6. The molecule has 0 aromatic heterocycles. The largest absolute Gasteiger partial charge is 0.316 e. The molecular formula is C16H23Cl2FN2. The molecule has 118 valence electrons. The number of hydrogen-bond donors (Lipinski definition) is 2. The maximum absolute atomic E-state index is 13.6. The molecule has 21 heavy (non-hydrogen) atoms. The third-order valence-electron chi connectivity index (χ3n) is 4.15. The van der Waals surface area contributed by atoms with Crippen molar-refractivity contribution in [3.8, 4) is 0 Å². The van der Waals surface area contributed by atoms with Crippen molar-refractivity contribution in [2.24, 2.45) is 0 Å². The van der Waals surface area contributed by atoms with Crippen LogP contribution in [0, 0.1) is 0 Å². The number of hydrogen-bond acceptors (Lipinski definition) is 2. The quantitative estimate of drug-likeness (QED) is 0.785. The van der Waals surface area contributed by atoms with Gasteiger partial charge in [-0.05, 0) is 63.9 Å². The van der Waals surface area contributed by atoms with Crippen molar-refractivity contribution in [3.05, 3.63) is 33.8 Å². The predicted octanol–water partition coefficient (Wildman–Crippen LogP) is 4.30. The van der Waals surface area contributed by atoms with Gasteiger partial charge in [-0.2, -0.15) is 0 Å². The molecule has 2 nitrogen and oxygen atoms in total. The third kappa shape index (κ3) is 4.56. The molecule has 1 aliphatic heterocycles. The van der Waals surface area contributed by atoms with Gasteiger partial charge in [0.05, 0.1) is 10.0 Å². The smallest absolute Gasteiger partial charge is 0.156 e. The fourth-order valence-electron chi connectivity index (χ4n) is 3.00. The van der Waals surface area contributed by atoms with Crippen LogP contribution in [0.5, 0.6) is 0 Å². The Labute approximate surface area is 136 Å². The zero-order valence-corrected chi connectivity index (χ0v) is 14.1. The van der Waals surface area contributed by atoms with Gasteiger partial charge in [-0.15, -0.1) is 0 Å². The van der Waals surface area contributed by atoms with Crippen molar-refractivity contribution in [1.82, 2.24) is 10.6 Å². The SMILES string of the molecule is CC(C)(F)NCC[C@]1(c2ccc(Cl)c(Cl)c2)CCCNC1. The zero-order valence-electron chi connectivity index (χ0n) is 12.6. The summed E-state index contributed by atoms with van der Waals surface area (Å²) in [7, 11) is 0. The lowest BCUT2D eigenvalue weighted by Gasteiger charge is -2.39. The van der Waals surface area contributed by atoms with E-state index in [0.29, 0.717) is 16.6 Å². The van der Waals surface area contributed by atoms with E-state index in [1.807, 2.05) is 18.2 Å². The van der Waals surface area contributed by atoms with Gasteiger partial charge < -0.3 is 5.32 Å². The van der Waals surface area contributed by atoms with Crippen LogP contribution in [0.15, 0.2) is 18.2 Å². The first-order chi connectivity index (χ1) is 9.82. The van der Waals surface area contributed by atoms with Crippen LogP contribution >= 0.6 is 23.2 Å². The van der Waals surface area contributed by atoms with E-state index in [4.69, 9.17) is 23.2 Å². The van der Waals surface area contributed by atoms with Gasteiger partial charge >= 0.3 is 0 Å². The minimum absolute atomic E-state index is 0.00920. The van der Waals surface area contributed by atoms with Crippen molar-refractivity contribution < 1.29 is 4.39 Å². The number of rotatable bonds is 5. The highest BCUT2D eigenvalue weighted by molar-refractivity contribution is 6.42. The average Bonchev–Trinajstić information content (AvgIpc) is 2.41. The number of nitrogens with one attached hydrogen (secondary N) is 2. The molecule has 5 heteroatoms. The summed E-state index contributed by atoms with van der Waals surface area (Å²) < 4.78 is 13.6.